The molecule has 0 radical (unpaired) electrons. The average Bonchev–Trinajstić information content (AvgIpc) is 2.91. The number of pyridine rings is 1. The van der Waals surface area contributed by atoms with Crippen molar-refractivity contribution in [1.82, 2.24) is 14.5 Å². The van der Waals surface area contributed by atoms with Crippen LogP contribution < -0.4 is 5.69 Å². The third-order valence-electron chi connectivity index (χ3n) is 5.37. The molecule has 0 amide bonds. The Kier molecular flexibility index (Phi) is 5.64. The van der Waals surface area contributed by atoms with Gasteiger partial charge >= 0.3 is 5.69 Å². The van der Waals surface area contributed by atoms with Crippen molar-refractivity contribution in [3.05, 3.63) is 45.7 Å². The van der Waals surface area contributed by atoms with Gasteiger partial charge in [0, 0.05) is 23.9 Å². The molecule has 0 aromatic carbocycles. The van der Waals surface area contributed by atoms with E-state index in [2.05, 4.69) is 36.0 Å². The lowest BCUT2D eigenvalue weighted by atomic mass is 9.85. The standard InChI is InChI=1S/C21H29N3O2/c1-5-6-8-14(2)19(15(3)26-4)17-11-18-20(22-12-17)23-21(25)24(18)13-16-9-7-10-16/h8,11-12,16H,5-7,9-10,13H2,1-4H3,(H,22,23,25)/b14-8+,19-15+. The number of nitrogens with zero attached hydrogens (tertiary/aromatic N) is 2. The molecule has 2 aromatic heterocycles. The average molecular weight is 355 g/mol. The number of hydrogen-bond donors (Lipinski definition) is 1. The van der Waals surface area contributed by atoms with Crippen LogP contribution in [0, 0.1) is 5.92 Å². The largest absolute Gasteiger partial charge is 0.501 e. The summed E-state index contributed by atoms with van der Waals surface area (Å²) in [6.45, 7) is 7.03. The number of rotatable bonds is 7. The maximum atomic E-state index is 12.4. The molecule has 140 valence electrons. The van der Waals surface area contributed by atoms with Gasteiger partial charge in [-0.2, -0.15) is 0 Å². The molecule has 1 N–H and O–H groups in total. The van der Waals surface area contributed by atoms with Gasteiger partial charge in [-0.15, -0.1) is 0 Å². The predicted octanol–water partition coefficient (Wildman–Crippen LogP) is 4.65. The van der Waals surface area contributed by atoms with E-state index in [1.165, 1.54) is 24.8 Å². The molecule has 1 saturated carbocycles. The molecule has 0 saturated heterocycles. The molecule has 0 aliphatic heterocycles. The summed E-state index contributed by atoms with van der Waals surface area (Å²) in [4.78, 5) is 19.8. The van der Waals surface area contributed by atoms with Crippen molar-refractivity contribution in [1.29, 1.82) is 0 Å². The zero-order valence-corrected chi connectivity index (χ0v) is 16.3. The van der Waals surface area contributed by atoms with Gasteiger partial charge in [-0.05, 0) is 50.7 Å². The molecular weight excluding hydrogens is 326 g/mol. The Labute approximate surface area is 154 Å². The van der Waals surface area contributed by atoms with Crippen LogP contribution in [-0.4, -0.2) is 21.6 Å². The Bertz CT molecular complexity index is 898. The van der Waals surface area contributed by atoms with E-state index in [0.717, 1.165) is 41.8 Å². The molecular formula is C21H29N3O2. The number of aromatic amines is 1. The summed E-state index contributed by atoms with van der Waals surface area (Å²) in [7, 11) is 1.69. The highest BCUT2D eigenvalue weighted by atomic mass is 16.5. The molecule has 0 atom stereocenters. The second-order valence-corrected chi connectivity index (χ2v) is 7.24. The van der Waals surface area contributed by atoms with Crippen LogP contribution in [0.5, 0.6) is 0 Å². The molecule has 0 unspecified atom stereocenters. The Morgan fingerprint density at radius 3 is 2.81 bits per heavy atom. The molecule has 2 aromatic rings. The van der Waals surface area contributed by atoms with Crippen LogP contribution >= 0.6 is 0 Å². The minimum Gasteiger partial charge on any atom is -0.501 e. The summed E-state index contributed by atoms with van der Waals surface area (Å²) >= 11 is 0. The van der Waals surface area contributed by atoms with Crippen molar-refractivity contribution >= 4 is 16.7 Å². The lowest BCUT2D eigenvalue weighted by molar-refractivity contribution is 0.277. The predicted molar refractivity (Wildman–Crippen MR) is 106 cm³/mol. The summed E-state index contributed by atoms with van der Waals surface area (Å²) in [6, 6.07) is 2.07. The van der Waals surface area contributed by atoms with Gasteiger partial charge in [-0.1, -0.05) is 25.8 Å². The Balaban J connectivity index is 2.08. The van der Waals surface area contributed by atoms with E-state index in [9.17, 15) is 4.79 Å². The first-order valence-electron chi connectivity index (χ1n) is 9.56. The minimum atomic E-state index is -0.0659. The molecule has 3 rings (SSSR count). The van der Waals surface area contributed by atoms with Crippen molar-refractivity contribution in [2.24, 2.45) is 5.92 Å². The van der Waals surface area contributed by atoms with Gasteiger partial charge in [-0.3, -0.25) is 9.55 Å². The van der Waals surface area contributed by atoms with Gasteiger partial charge in [0.25, 0.3) is 0 Å². The fourth-order valence-corrected chi connectivity index (χ4v) is 3.56. The maximum Gasteiger partial charge on any atom is 0.327 e. The van der Waals surface area contributed by atoms with Crippen molar-refractivity contribution < 1.29 is 4.74 Å². The number of fused-ring (bicyclic) bond motifs is 1. The number of unbranched alkanes of at least 4 members (excludes halogenated alkanes) is 1. The summed E-state index contributed by atoms with van der Waals surface area (Å²) in [6.07, 6.45) is 9.88. The number of nitrogens with one attached hydrogen (secondary N) is 1. The fraction of sp³-hybridized carbons (Fsp3) is 0.524. The van der Waals surface area contributed by atoms with Crippen molar-refractivity contribution in [2.75, 3.05) is 7.11 Å². The van der Waals surface area contributed by atoms with Crippen LogP contribution in [0.3, 0.4) is 0 Å². The Morgan fingerprint density at radius 1 is 1.42 bits per heavy atom. The first-order valence-corrected chi connectivity index (χ1v) is 9.56. The summed E-state index contributed by atoms with van der Waals surface area (Å²) in [5.74, 6) is 1.47. The zero-order chi connectivity index (χ0) is 18.7. The van der Waals surface area contributed by atoms with E-state index in [1.54, 1.807) is 7.11 Å². The molecule has 1 aliphatic carbocycles. The smallest absolute Gasteiger partial charge is 0.327 e. The van der Waals surface area contributed by atoms with Crippen LogP contribution in [0.1, 0.15) is 58.4 Å². The summed E-state index contributed by atoms with van der Waals surface area (Å²) in [5.41, 5.74) is 4.69. The number of allylic oxidation sites excluding steroid dienone is 4. The number of imidazole rings is 1. The topological polar surface area (TPSA) is 59.9 Å². The lowest BCUT2D eigenvalue weighted by Crippen LogP contribution is -2.25. The molecule has 0 spiro atoms. The second-order valence-electron chi connectivity index (χ2n) is 7.24. The van der Waals surface area contributed by atoms with E-state index < -0.39 is 0 Å². The molecule has 1 aliphatic rings. The molecule has 1 fully saturated rings. The highest BCUT2D eigenvalue weighted by molar-refractivity contribution is 5.84. The SMILES string of the molecule is CCC/C=C(C)/C(=C(/C)OC)c1cnc2[nH]c(=O)n(CC3CCC3)c2c1. The molecule has 26 heavy (non-hydrogen) atoms. The minimum absolute atomic E-state index is 0.0659. The van der Waals surface area contributed by atoms with Crippen molar-refractivity contribution in [3.8, 4) is 0 Å². The first-order chi connectivity index (χ1) is 12.5. The molecule has 2 heterocycles. The summed E-state index contributed by atoms with van der Waals surface area (Å²) in [5, 5.41) is 0. The number of ether oxygens (including phenoxy) is 1. The van der Waals surface area contributed by atoms with Crippen LogP contribution in [0.2, 0.25) is 0 Å². The van der Waals surface area contributed by atoms with Gasteiger partial charge in [0.1, 0.15) is 5.76 Å². The highest BCUT2D eigenvalue weighted by Gasteiger charge is 2.21. The number of methoxy groups -OCH3 is 1. The highest BCUT2D eigenvalue weighted by Crippen LogP contribution is 2.30. The van der Waals surface area contributed by atoms with Gasteiger partial charge in [0.05, 0.1) is 12.6 Å². The van der Waals surface area contributed by atoms with E-state index >= 15 is 0 Å². The van der Waals surface area contributed by atoms with Gasteiger partial charge < -0.3 is 4.74 Å². The maximum absolute atomic E-state index is 12.4. The molecule has 0 bridgehead atoms. The van der Waals surface area contributed by atoms with Gasteiger partial charge in [0.15, 0.2) is 5.65 Å². The normalized spacial score (nSPS) is 16.5. The van der Waals surface area contributed by atoms with E-state index in [0.29, 0.717) is 11.6 Å². The lowest BCUT2D eigenvalue weighted by Gasteiger charge is -2.25. The van der Waals surface area contributed by atoms with Crippen LogP contribution in [0.15, 0.2) is 34.5 Å². The van der Waals surface area contributed by atoms with Gasteiger partial charge in [0.2, 0.25) is 0 Å². The van der Waals surface area contributed by atoms with E-state index in [-0.39, 0.29) is 5.69 Å². The Hall–Kier alpha value is -2.30. The third kappa shape index (κ3) is 3.62. The van der Waals surface area contributed by atoms with Gasteiger partial charge in [-0.25, -0.2) is 9.78 Å². The third-order valence-corrected chi connectivity index (χ3v) is 5.37. The van der Waals surface area contributed by atoms with Crippen LogP contribution in [-0.2, 0) is 11.3 Å². The van der Waals surface area contributed by atoms with Crippen molar-refractivity contribution in [2.45, 2.75) is 59.4 Å². The van der Waals surface area contributed by atoms with E-state index in [4.69, 9.17) is 4.74 Å². The zero-order valence-electron chi connectivity index (χ0n) is 16.3. The van der Waals surface area contributed by atoms with Crippen LogP contribution in [0.25, 0.3) is 16.7 Å². The number of hydrogen-bond acceptors (Lipinski definition) is 3. The number of aromatic nitrogens is 3. The quantitative estimate of drug-likeness (QED) is 0.581. The fourth-order valence-electron chi connectivity index (χ4n) is 3.56. The second kappa shape index (κ2) is 7.94. The Morgan fingerprint density at radius 2 is 2.19 bits per heavy atom. The monoisotopic (exact) mass is 355 g/mol. The molecule has 5 heteroatoms. The van der Waals surface area contributed by atoms with Crippen molar-refractivity contribution in [3.63, 3.8) is 0 Å². The number of H-pyrrole nitrogens is 1. The first kappa shape index (κ1) is 18.5. The molecule has 5 nitrogen and oxygen atoms in total. The van der Waals surface area contributed by atoms with Crippen LogP contribution in [0.4, 0.5) is 0 Å². The summed E-state index contributed by atoms with van der Waals surface area (Å²) < 4.78 is 7.39. The van der Waals surface area contributed by atoms with E-state index in [1.807, 2.05) is 17.7 Å².